The van der Waals surface area contributed by atoms with E-state index in [4.69, 9.17) is 4.74 Å². The van der Waals surface area contributed by atoms with Gasteiger partial charge in [0.2, 0.25) is 0 Å². The monoisotopic (exact) mass is 236 g/mol. The lowest BCUT2D eigenvalue weighted by Crippen LogP contribution is -2.01. The Morgan fingerprint density at radius 3 is 2.88 bits per heavy atom. The van der Waals surface area contributed by atoms with E-state index in [1.54, 1.807) is 25.6 Å². The summed E-state index contributed by atoms with van der Waals surface area (Å²) < 4.78 is 5.05. The number of methoxy groups -OCH3 is 1. The molecule has 2 rings (SSSR count). The Labute approximate surface area is 97.6 Å². The standard InChI is InChI=1S/C11H12N2O2S/c1-7-13-10(6-16-7)11(14)8-3-9(15-2)5-12-4-8/h3-6,11,14H,1-2H3. The molecule has 0 saturated carbocycles. The first-order chi connectivity index (χ1) is 7.70. The van der Waals surface area contributed by atoms with E-state index in [0.717, 1.165) is 5.01 Å². The lowest BCUT2D eigenvalue weighted by atomic mass is 10.1. The molecule has 2 heterocycles. The molecule has 0 amide bonds. The summed E-state index contributed by atoms with van der Waals surface area (Å²) in [7, 11) is 1.57. The van der Waals surface area contributed by atoms with Crippen molar-refractivity contribution in [3.8, 4) is 5.75 Å². The highest BCUT2D eigenvalue weighted by molar-refractivity contribution is 7.09. The Bertz CT molecular complexity index is 484. The fourth-order valence-electron chi connectivity index (χ4n) is 1.37. The maximum atomic E-state index is 10.1. The molecule has 0 bridgehead atoms. The van der Waals surface area contributed by atoms with Gasteiger partial charge in [-0.1, -0.05) is 0 Å². The van der Waals surface area contributed by atoms with Gasteiger partial charge in [-0.2, -0.15) is 0 Å². The third kappa shape index (κ3) is 2.20. The number of aromatic nitrogens is 2. The smallest absolute Gasteiger partial charge is 0.137 e. The molecular formula is C11H12N2O2S. The van der Waals surface area contributed by atoms with Crippen LogP contribution in [0.3, 0.4) is 0 Å². The molecule has 0 spiro atoms. The van der Waals surface area contributed by atoms with Gasteiger partial charge in [-0.25, -0.2) is 4.98 Å². The van der Waals surface area contributed by atoms with Gasteiger partial charge in [0.25, 0.3) is 0 Å². The van der Waals surface area contributed by atoms with E-state index in [9.17, 15) is 5.11 Å². The Morgan fingerprint density at radius 1 is 1.44 bits per heavy atom. The highest BCUT2D eigenvalue weighted by atomic mass is 32.1. The summed E-state index contributed by atoms with van der Waals surface area (Å²) in [5.74, 6) is 0.628. The molecule has 0 aliphatic heterocycles. The Hall–Kier alpha value is -1.46. The van der Waals surface area contributed by atoms with Crippen LogP contribution in [0.2, 0.25) is 0 Å². The molecule has 1 N–H and O–H groups in total. The van der Waals surface area contributed by atoms with Crippen LogP contribution < -0.4 is 4.74 Å². The van der Waals surface area contributed by atoms with Gasteiger partial charge in [0.1, 0.15) is 11.9 Å². The second-order valence-corrected chi connectivity index (χ2v) is 4.41. The molecule has 2 aromatic rings. The third-order valence-electron chi connectivity index (χ3n) is 2.20. The summed E-state index contributed by atoms with van der Waals surface area (Å²) in [6, 6.07) is 1.76. The zero-order valence-electron chi connectivity index (χ0n) is 9.04. The van der Waals surface area contributed by atoms with E-state index in [0.29, 0.717) is 17.0 Å². The van der Waals surface area contributed by atoms with Crippen molar-refractivity contribution in [1.82, 2.24) is 9.97 Å². The largest absolute Gasteiger partial charge is 0.495 e. The predicted octanol–water partition coefficient (Wildman–Crippen LogP) is 1.94. The Balaban J connectivity index is 2.29. The van der Waals surface area contributed by atoms with Crippen LogP contribution in [0.5, 0.6) is 5.75 Å². The molecule has 5 heteroatoms. The molecule has 0 fully saturated rings. The van der Waals surface area contributed by atoms with Crippen molar-refractivity contribution in [2.24, 2.45) is 0 Å². The third-order valence-corrected chi connectivity index (χ3v) is 2.99. The molecule has 0 saturated heterocycles. The van der Waals surface area contributed by atoms with E-state index >= 15 is 0 Å². The number of aryl methyl sites for hydroxylation is 1. The highest BCUT2D eigenvalue weighted by Crippen LogP contribution is 2.24. The number of nitrogens with zero attached hydrogens (tertiary/aromatic N) is 2. The van der Waals surface area contributed by atoms with Gasteiger partial charge in [0.05, 0.1) is 24.0 Å². The maximum Gasteiger partial charge on any atom is 0.137 e. The Morgan fingerprint density at radius 2 is 2.25 bits per heavy atom. The molecule has 1 atom stereocenters. The highest BCUT2D eigenvalue weighted by Gasteiger charge is 2.14. The second kappa shape index (κ2) is 4.59. The molecule has 1 unspecified atom stereocenters. The molecule has 0 aliphatic carbocycles. The van der Waals surface area contributed by atoms with Crippen LogP contribution in [-0.2, 0) is 0 Å². The Kier molecular flexibility index (Phi) is 3.17. The summed E-state index contributed by atoms with van der Waals surface area (Å²) in [5, 5.41) is 12.9. The quantitative estimate of drug-likeness (QED) is 0.884. The van der Waals surface area contributed by atoms with E-state index < -0.39 is 6.10 Å². The van der Waals surface area contributed by atoms with Gasteiger partial charge in [-0.3, -0.25) is 4.98 Å². The van der Waals surface area contributed by atoms with E-state index in [2.05, 4.69) is 9.97 Å². The second-order valence-electron chi connectivity index (χ2n) is 3.35. The minimum atomic E-state index is -0.743. The molecular weight excluding hydrogens is 224 g/mol. The average Bonchev–Trinajstić information content (AvgIpc) is 2.75. The van der Waals surface area contributed by atoms with Gasteiger partial charge in [-0.15, -0.1) is 11.3 Å². The summed E-state index contributed by atoms with van der Waals surface area (Å²) >= 11 is 1.51. The SMILES string of the molecule is COc1cncc(C(O)c2csc(C)n2)c1. The summed E-state index contributed by atoms with van der Waals surface area (Å²) in [5.41, 5.74) is 1.34. The van der Waals surface area contributed by atoms with E-state index in [1.807, 2.05) is 12.3 Å². The van der Waals surface area contributed by atoms with Crippen molar-refractivity contribution < 1.29 is 9.84 Å². The predicted molar refractivity (Wildman–Crippen MR) is 61.7 cm³/mol. The molecule has 4 nitrogen and oxygen atoms in total. The number of pyridine rings is 1. The van der Waals surface area contributed by atoms with Crippen molar-refractivity contribution in [2.75, 3.05) is 7.11 Å². The number of rotatable bonds is 3. The molecule has 0 aliphatic rings. The summed E-state index contributed by atoms with van der Waals surface area (Å²) in [4.78, 5) is 8.24. The van der Waals surface area contributed by atoms with Gasteiger partial charge < -0.3 is 9.84 Å². The maximum absolute atomic E-state index is 10.1. The summed E-state index contributed by atoms with van der Waals surface area (Å²) in [6.45, 7) is 1.91. The number of aliphatic hydroxyl groups is 1. The summed E-state index contributed by atoms with van der Waals surface area (Å²) in [6.07, 6.45) is 2.47. The first-order valence-corrected chi connectivity index (χ1v) is 5.67. The van der Waals surface area contributed by atoms with Crippen molar-refractivity contribution in [3.05, 3.63) is 40.1 Å². The van der Waals surface area contributed by atoms with Crippen LogP contribution in [0.25, 0.3) is 0 Å². The fourth-order valence-corrected chi connectivity index (χ4v) is 2.00. The van der Waals surface area contributed by atoms with Crippen LogP contribution in [0.15, 0.2) is 23.8 Å². The van der Waals surface area contributed by atoms with Gasteiger partial charge in [0, 0.05) is 17.1 Å². The van der Waals surface area contributed by atoms with Gasteiger partial charge >= 0.3 is 0 Å². The average molecular weight is 236 g/mol. The molecule has 84 valence electrons. The first-order valence-electron chi connectivity index (χ1n) is 4.79. The number of aliphatic hydroxyl groups excluding tert-OH is 1. The minimum absolute atomic E-state index is 0.628. The first kappa shape index (κ1) is 11.0. The van der Waals surface area contributed by atoms with Crippen LogP contribution in [-0.4, -0.2) is 22.2 Å². The van der Waals surface area contributed by atoms with Crippen LogP contribution in [0.1, 0.15) is 22.4 Å². The van der Waals surface area contributed by atoms with E-state index in [1.165, 1.54) is 11.3 Å². The number of ether oxygens (including phenoxy) is 1. The molecule has 16 heavy (non-hydrogen) atoms. The van der Waals surface area contributed by atoms with Crippen molar-refractivity contribution in [2.45, 2.75) is 13.0 Å². The number of hydrogen-bond donors (Lipinski definition) is 1. The van der Waals surface area contributed by atoms with E-state index in [-0.39, 0.29) is 0 Å². The molecule has 0 radical (unpaired) electrons. The number of hydrogen-bond acceptors (Lipinski definition) is 5. The van der Waals surface area contributed by atoms with Gasteiger partial charge in [-0.05, 0) is 13.0 Å². The van der Waals surface area contributed by atoms with Crippen molar-refractivity contribution in [1.29, 1.82) is 0 Å². The molecule has 2 aromatic heterocycles. The lowest BCUT2D eigenvalue weighted by molar-refractivity contribution is 0.215. The lowest BCUT2D eigenvalue weighted by Gasteiger charge is -2.08. The van der Waals surface area contributed by atoms with Crippen molar-refractivity contribution in [3.63, 3.8) is 0 Å². The normalized spacial score (nSPS) is 12.4. The van der Waals surface area contributed by atoms with Crippen molar-refractivity contribution >= 4 is 11.3 Å². The molecule has 0 aromatic carbocycles. The topological polar surface area (TPSA) is 55.2 Å². The van der Waals surface area contributed by atoms with Crippen LogP contribution >= 0.6 is 11.3 Å². The fraction of sp³-hybridized carbons (Fsp3) is 0.273. The van der Waals surface area contributed by atoms with Gasteiger partial charge in [0.15, 0.2) is 0 Å². The zero-order chi connectivity index (χ0) is 11.5. The number of thiazole rings is 1. The minimum Gasteiger partial charge on any atom is -0.495 e. The van der Waals surface area contributed by atoms with Crippen LogP contribution in [0.4, 0.5) is 0 Å². The van der Waals surface area contributed by atoms with Crippen LogP contribution in [0, 0.1) is 6.92 Å². The zero-order valence-corrected chi connectivity index (χ0v) is 9.86.